The minimum atomic E-state index is -5.06. The molecule has 3 unspecified atom stereocenters. The number of aliphatic imine (C=N–C) groups is 1. The van der Waals surface area contributed by atoms with Gasteiger partial charge in [0.2, 0.25) is 5.91 Å². The molecule has 2 amide bonds. The third-order valence-electron chi connectivity index (χ3n) is 5.79. The monoisotopic (exact) mass is 586 g/mol. The van der Waals surface area contributed by atoms with Crippen LogP contribution in [0.5, 0.6) is 0 Å². The summed E-state index contributed by atoms with van der Waals surface area (Å²) in [5.74, 6) is -2.54. The number of aliphatic hydroxyl groups excluding tert-OH is 1. The summed E-state index contributed by atoms with van der Waals surface area (Å²) in [5, 5.41) is 39.1. The number of hydrogen-bond donors (Lipinski definition) is 7. The molecule has 0 fully saturated rings. The third-order valence-corrected chi connectivity index (χ3v) is 6.01. The first-order chi connectivity index (χ1) is 18.7. The highest BCUT2D eigenvalue weighted by molar-refractivity contribution is 6.30. The van der Waals surface area contributed by atoms with Crippen molar-refractivity contribution in [3.05, 3.63) is 58.4 Å². The number of carboxylic acid groups (broad SMARTS) is 1. The fraction of sp³-hybridized carbons (Fsp3) is 0.375. The lowest BCUT2D eigenvalue weighted by atomic mass is 9.91. The maximum atomic E-state index is 13.4. The molecule has 40 heavy (non-hydrogen) atoms. The van der Waals surface area contributed by atoms with Crippen LogP contribution in [0.4, 0.5) is 18.9 Å². The van der Waals surface area contributed by atoms with Crippen LogP contribution in [-0.2, 0) is 15.2 Å². The van der Waals surface area contributed by atoms with Crippen molar-refractivity contribution in [1.29, 1.82) is 0 Å². The number of aliphatic hydroxyl groups is 2. The van der Waals surface area contributed by atoms with E-state index in [-0.39, 0.29) is 29.2 Å². The molecule has 0 bridgehead atoms. The van der Waals surface area contributed by atoms with Gasteiger partial charge in [-0.25, -0.2) is 0 Å². The Balaban J connectivity index is 1.68. The molecular weight excluding hydrogens is 561 g/mol. The first-order valence-corrected chi connectivity index (χ1v) is 12.1. The molecule has 12 nitrogen and oxygen atoms in total. The van der Waals surface area contributed by atoms with Gasteiger partial charge >= 0.3 is 12.1 Å². The van der Waals surface area contributed by atoms with Crippen molar-refractivity contribution in [2.75, 3.05) is 25.0 Å². The number of guanidine groups is 1. The Morgan fingerprint density at radius 2 is 1.93 bits per heavy atom. The molecule has 1 aromatic heterocycles. The molecule has 16 heteroatoms. The number of aromatic nitrogens is 1. The van der Waals surface area contributed by atoms with E-state index in [9.17, 15) is 42.9 Å². The number of pyridine rings is 1. The Labute approximate surface area is 230 Å². The number of carbonyl (C=O) groups excluding carboxylic acids is 2. The number of carbonyl (C=O) groups is 3. The Morgan fingerprint density at radius 3 is 2.55 bits per heavy atom. The van der Waals surface area contributed by atoms with Crippen LogP contribution in [0.25, 0.3) is 0 Å². The molecule has 216 valence electrons. The number of rotatable bonds is 9. The second kappa shape index (κ2) is 12.5. The van der Waals surface area contributed by atoms with Crippen LogP contribution in [0, 0.1) is 0 Å². The van der Waals surface area contributed by atoms with Crippen LogP contribution >= 0.6 is 11.6 Å². The third kappa shape index (κ3) is 8.03. The van der Waals surface area contributed by atoms with Gasteiger partial charge in [0, 0.05) is 17.8 Å². The second-order valence-corrected chi connectivity index (χ2v) is 9.49. The molecule has 0 spiro atoms. The van der Waals surface area contributed by atoms with E-state index in [2.05, 4.69) is 31.2 Å². The van der Waals surface area contributed by atoms with E-state index in [0.717, 1.165) is 12.1 Å². The average Bonchev–Trinajstić information content (AvgIpc) is 2.87. The number of amides is 2. The highest BCUT2D eigenvalue weighted by Crippen LogP contribution is 2.40. The largest absolute Gasteiger partial charge is 0.481 e. The molecule has 3 atom stereocenters. The molecule has 3 rings (SSSR count). The summed E-state index contributed by atoms with van der Waals surface area (Å²) >= 11 is 5.95. The molecule has 0 saturated heterocycles. The van der Waals surface area contributed by atoms with E-state index in [0.29, 0.717) is 18.6 Å². The van der Waals surface area contributed by atoms with Crippen LogP contribution < -0.4 is 21.3 Å². The predicted octanol–water partition coefficient (Wildman–Crippen LogP) is 1.30. The molecule has 0 radical (unpaired) electrons. The van der Waals surface area contributed by atoms with Crippen molar-refractivity contribution < 1.29 is 42.9 Å². The first-order valence-electron chi connectivity index (χ1n) is 11.7. The molecule has 7 N–H and O–H groups in total. The maximum Gasteiger partial charge on any atom is 0.421 e. The van der Waals surface area contributed by atoms with Gasteiger partial charge < -0.3 is 36.6 Å². The van der Waals surface area contributed by atoms with Gasteiger partial charge in [0.05, 0.1) is 49.1 Å². The number of nitrogens with one attached hydrogen (secondary N) is 4. The highest BCUT2D eigenvalue weighted by Gasteiger charge is 2.51. The van der Waals surface area contributed by atoms with Crippen molar-refractivity contribution in [1.82, 2.24) is 20.9 Å². The highest BCUT2D eigenvalue weighted by atomic mass is 35.5. The van der Waals surface area contributed by atoms with Crippen LogP contribution in [0.15, 0.2) is 41.7 Å². The number of anilines is 1. The topological polar surface area (TPSA) is 185 Å². The number of hydrogen-bond acceptors (Lipinski definition) is 9. The molecule has 2 aromatic rings. The van der Waals surface area contributed by atoms with Crippen molar-refractivity contribution in [2.24, 2.45) is 4.99 Å². The van der Waals surface area contributed by atoms with Crippen molar-refractivity contribution in [3.8, 4) is 0 Å². The van der Waals surface area contributed by atoms with Gasteiger partial charge in [0.25, 0.3) is 5.91 Å². The number of alkyl halides is 3. The van der Waals surface area contributed by atoms with Gasteiger partial charge in [0.15, 0.2) is 11.6 Å². The normalized spacial score (nSPS) is 17.5. The number of β-amino-alcohol motifs (C(OH)–C–C–N with tert-alkyl or cyclic N) is 1. The summed E-state index contributed by atoms with van der Waals surface area (Å²) in [6.07, 6.45) is -3.73. The summed E-state index contributed by atoms with van der Waals surface area (Å²) in [5.41, 5.74) is -3.56. The van der Waals surface area contributed by atoms with Crippen molar-refractivity contribution in [2.45, 2.75) is 37.3 Å². The number of nitrogens with zero attached hydrogens (tertiary/aromatic N) is 2. The van der Waals surface area contributed by atoms with Gasteiger partial charge in [-0.05, 0) is 36.2 Å². The zero-order chi connectivity index (χ0) is 29.7. The molecule has 0 aliphatic carbocycles. The van der Waals surface area contributed by atoms with Crippen LogP contribution in [0.1, 0.15) is 40.9 Å². The number of aliphatic carboxylic acids is 1. The number of benzene rings is 1. The smallest absolute Gasteiger partial charge is 0.421 e. The van der Waals surface area contributed by atoms with E-state index in [1.165, 1.54) is 24.5 Å². The maximum absolute atomic E-state index is 13.4. The number of halogens is 4. The summed E-state index contributed by atoms with van der Waals surface area (Å²) in [7, 11) is 0. The van der Waals surface area contributed by atoms with E-state index >= 15 is 0 Å². The first kappa shape index (κ1) is 30.6. The van der Waals surface area contributed by atoms with Gasteiger partial charge in [-0.2, -0.15) is 13.2 Å². The van der Waals surface area contributed by atoms with E-state index in [1.807, 2.05) is 0 Å². The van der Waals surface area contributed by atoms with Gasteiger partial charge in [-0.3, -0.25) is 24.4 Å². The van der Waals surface area contributed by atoms with E-state index in [4.69, 9.17) is 11.6 Å². The summed E-state index contributed by atoms with van der Waals surface area (Å²) in [6, 6.07) is 3.06. The minimum Gasteiger partial charge on any atom is -0.481 e. The lowest BCUT2D eigenvalue weighted by Crippen LogP contribution is -2.42. The molecule has 1 aliphatic rings. The zero-order valence-corrected chi connectivity index (χ0v) is 21.7. The predicted molar refractivity (Wildman–Crippen MR) is 137 cm³/mol. The zero-order valence-electron chi connectivity index (χ0n) is 20.9. The molecule has 1 aliphatic heterocycles. The lowest BCUT2D eigenvalue weighted by Gasteiger charge is -2.28. The molecule has 0 saturated carbocycles. The molecule has 2 heterocycles. The fourth-order valence-corrected chi connectivity index (χ4v) is 3.82. The van der Waals surface area contributed by atoms with E-state index in [1.54, 1.807) is 0 Å². The Kier molecular flexibility index (Phi) is 9.55. The van der Waals surface area contributed by atoms with Gasteiger partial charge in [0.1, 0.15) is 0 Å². The minimum absolute atomic E-state index is 0.0743. The van der Waals surface area contributed by atoms with Crippen molar-refractivity contribution >= 4 is 41.0 Å². The standard InChI is InChI=1S/C24H26ClF3N6O6/c1-23(40,24(26,27)28)14-2-12(3-15(25)5-14)18(6-20(37)38)34-19(36)11-30-21(39)13-4-16(8-29-7-13)33-22-31-9-17(35)10-32-22/h2-5,7-8,17-18,35,40H,6,9-11H2,1H3,(H,30,39)(H,34,36)(H,37,38)(H2,31,32,33). The van der Waals surface area contributed by atoms with E-state index < -0.39 is 60.2 Å². The van der Waals surface area contributed by atoms with Gasteiger partial charge in [-0.1, -0.05) is 17.7 Å². The molecular formula is C24H26ClF3N6O6. The fourth-order valence-electron chi connectivity index (χ4n) is 3.58. The SMILES string of the molecule is CC(O)(c1cc(Cl)cc(C(CC(=O)O)NC(=O)CNC(=O)c2cncc(NC3=NCC(O)CN3)c2)c1)C(F)(F)F. The Bertz CT molecular complexity index is 1310. The van der Waals surface area contributed by atoms with Gasteiger partial charge in [-0.15, -0.1) is 0 Å². The Morgan fingerprint density at radius 1 is 1.20 bits per heavy atom. The van der Waals surface area contributed by atoms with Crippen LogP contribution in [0.3, 0.4) is 0 Å². The lowest BCUT2D eigenvalue weighted by molar-refractivity contribution is -0.258. The summed E-state index contributed by atoms with van der Waals surface area (Å²) in [6.45, 7) is 0.396. The Hall–Kier alpha value is -3.95. The molecule has 1 aromatic carbocycles. The van der Waals surface area contributed by atoms with Crippen molar-refractivity contribution in [3.63, 3.8) is 0 Å². The summed E-state index contributed by atoms with van der Waals surface area (Å²) in [4.78, 5) is 44.6. The quantitative estimate of drug-likeness (QED) is 0.227. The van der Waals surface area contributed by atoms with Crippen LogP contribution in [0.2, 0.25) is 5.02 Å². The second-order valence-electron chi connectivity index (χ2n) is 9.06. The average molecular weight is 587 g/mol. The van der Waals surface area contributed by atoms with Crippen LogP contribution in [-0.4, -0.2) is 76.0 Å². The number of carboxylic acids is 1. The summed E-state index contributed by atoms with van der Waals surface area (Å²) < 4.78 is 40.1.